The summed E-state index contributed by atoms with van der Waals surface area (Å²) < 4.78 is 19.1. The van der Waals surface area contributed by atoms with Crippen LogP contribution in [0.3, 0.4) is 0 Å². The Morgan fingerprint density at radius 2 is 1.65 bits per heavy atom. The van der Waals surface area contributed by atoms with E-state index in [1.54, 1.807) is 12.1 Å². The van der Waals surface area contributed by atoms with Gasteiger partial charge in [-0.25, -0.2) is 13.7 Å². The van der Waals surface area contributed by atoms with E-state index in [-0.39, 0.29) is 0 Å². The molecule has 0 fully saturated rings. The van der Waals surface area contributed by atoms with Crippen LogP contribution in [0.4, 0.5) is 10.5 Å². The molecule has 0 radical (unpaired) electrons. The lowest BCUT2D eigenvalue weighted by molar-refractivity contribution is 0.257. The number of benzene rings is 2. The molecule has 5 nitrogen and oxygen atoms in total. The van der Waals surface area contributed by atoms with Crippen LogP contribution < -0.4 is 20.6 Å². The topological polar surface area (TPSA) is 70.6 Å². The van der Waals surface area contributed by atoms with Crippen LogP contribution in [-0.2, 0) is 9.92 Å². The Balaban J connectivity index is 2.24. The second-order valence-corrected chi connectivity index (χ2v) is 8.63. The minimum atomic E-state index is -3.06. The molecule has 9 heteroatoms. The van der Waals surface area contributed by atoms with Crippen molar-refractivity contribution in [2.75, 3.05) is 5.32 Å². The average Bonchev–Trinajstić information content (AvgIpc) is 2.51. The van der Waals surface area contributed by atoms with Gasteiger partial charge in [0, 0.05) is 0 Å². The summed E-state index contributed by atoms with van der Waals surface area (Å²) in [5, 5.41) is 4.37. The van der Waals surface area contributed by atoms with Crippen LogP contribution in [0.1, 0.15) is 5.56 Å². The molecule has 0 heterocycles. The molecule has 4 unspecified atom stereocenters. The number of amides is 2. The van der Waals surface area contributed by atoms with E-state index in [9.17, 15) is 9.00 Å². The van der Waals surface area contributed by atoms with Gasteiger partial charge < -0.3 is 5.32 Å². The van der Waals surface area contributed by atoms with E-state index in [1.165, 1.54) is 0 Å². The third kappa shape index (κ3) is 4.49. The third-order valence-corrected chi connectivity index (χ3v) is 6.61. The van der Waals surface area contributed by atoms with Crippen molar-refractivity contribution in [1.82, 2.24) is 4.72 Å². The quantitative estimate of drug-likeness (QED) is 0.797. The summed E-state index contributed by atoms with van der Waals surface area (Å²) in [7, 11) is 4.11. The summed E-state index contributed by atoms with van der Waals surface area (Å²) >= 11 is 0. The molecular weight excluding hydrogens is 367 g/mol. The molecule has 0 aromatic heterocycles. The van der Waals surface area contributed by atoms with Crippen LogP contribution >= 0.6 is 27.9 Å². The van der Waals surface area contributed by atoms with E-state index in [4.69, 9.17) is 0 Å². The number of anilines is 1. The summed E-state index contributed by atoms with van der Waals surface area (Å²) in [6.07, 6.45) is 0. The number of carbonyl (C=O) groups is 1. The van der Waals surface area contributed by atoms with E-state index in [1.807, 2.05) is 37.3 Å². The van der Waals surface area contributed by atoms with E-state index >= 15 is 0 Å². The Morgan fingerprint density at radius 1 is 1.09 bits per heavy atom. The van der Waals surface area contributed by atoms with Crippen LogP contribution in [0.15, 0.2) is 51.5 Å². The highest BCUT2D eigenvalue weighted by Crippen LogP contribution is 2.15. The van der Waals surface area contributed by atoms with Crippen molar-refractivity contribution in [3.63, 3.8) is 0 Å². The van der Waals surface area contributed by atoms with Crippen molar-refractivity contribution in [3.05, 3.63) is 48.0 Å². The van der Waals surface area contributed by atoms with Gasteiger partial charge in [-0.2, -0.15) is 4.13 Å². The predicted molar refractivity (Wildman–Crippen MR) is 107 cm³/mol. The Bertz CT molecular complexity index is 827. The standard InChI is InChI=1S/C14H18N3O2P3S/c1-9-5-7-10(8-6-9)23(19,17-22)16-14(18)15-13-11(20)3-2-4-12(13)21/h2-8H,20-22H2,1H3,(H2,15,16,17,18,19). The summed E-state index contributed by atoms with van der Waals surface area (Å²) in [5.41, 5.74) is 1.67. The molecule has 0 aliphatic rings. The van der Waals surface area contributed by atoms with Crippen molar-refractivity contribution in [1.29, 1.82) is 0 Å². The van der Waals surface area contributed by atoms with Crippen molar-refractivity contribution >= 4 is 60.1 Å². The molecule has 0 aliphatic heterocycles. The van der Waals surface area contributed by atoms with Gasteiger partial charge in [0.25, 0.3) is 0 Å². The molecule has 0 saturated carbocycles. The number of nitrogens with zero attached hydrogens (tertiary/aromatic N) is 1. The van der Waals surface area contributed by atoms with Crippen LogP contribution in [0.25, 0.3) is 0 Å². The lowest BCUT2D eigenvalue weighted by Crippen LogP contribution is -2.35. The number of para-hydroxylation sites is 1. The van der Waals surface area contributed by atoms with E-state index < -0.39 is 15.9 Å². The zero-order chi connectivity index (χ0) is 17.0. The number of nitrogens with one attached hydrogen (secondary N) is 2. The number of hydrogen-bond acceptors (Lipinski definition) is 3. The van der Waals surface area contributed by atoms with Gasteiger partial charge in [-0.05, 0) is 39.1 Å². The van der Waals surface area contributed by atoms with Gasteiger partial charge in [-0.3, -0.25) is 0 Å². The lowest BCUT2D eigenvalue weighted by atomic mass is 10.2. The minimum absolute atomic E-state index is 0.443. The molecule has 0 spiro atoms. The Labute approximate surface area is 143 Å². The number of hydrogen-bond donors (Lipinski definition) is 2. The maximum Gasteiger partial charge on any atom is 0.331 e. The maximum atomic E-state index is 12.9. The molecular formula is C14H18N3O2P3S. The fourth-order valence-corrected chi connectivity index (χ4v) is 4.36. The Hall–Kier alpha value is -1.05. The number of carbonyl (C=O) groups excluding carboxylic acids is 1. The predicted octanol–water partition coefficient (Wildman–Crippen LogP) is 2.35. The first-order chi connectivity index (χ1) is 10.9. The molecule has 4 atom stereocenters. The van der Waals surface area contributed by atoms with E-state index in [0.717, 1.165) is 16.2 Å². The molecule has 122 valence electrons. The zero-order valence-electron chi connectivity index (χ0n) is 12.4. The zero-order valence-corrected chi connectivity index (χ0v) is 16.7. The highest BCUT2D eigenvalue weighted by molar-refractivity contribution is 7.93. The van der Waals surface area contributed by atoms with Gasteiger partial charge in [0.15, 0.2) is 9.92 Å². The summed E-state index contributed by atoms with van der Waals surface area (Å²) in [5.74, 6) is 0. The van der Waals surface area contributed by atoms with Crippen LogP contribution in [0.5, 0.6) is 0 Å². The van der Waals surface area contributed by atoms with Gasteiger partial charge in [0.05, 0.1) is 10.6 Å². The number of urea groups is 1. The van der Waals surface area contributed by atoms with Gasteiger partial charge in [0.1, 0.15) is 0 Å². The van der Waals surface area contributed by atoms with Crippen molar-refractivity contribution in [2.24, 2.45) is 4.13 Å². The first kappa shape index (κ1) is 18.3. The average molecular weight is 385 g/mol. The van der Waals surface area contributed by atoms with Crippen LogP contribution in [-0.4, -0.2) is 10.2 Å². The summed E-state index contributed by atoms with van der Waals surface area (Å²) in [6, 6.07) is 12.0. The molecule has 2 N–H and O–H groups in total. The Morgan fingerprint density at radius 3 is 2.17 bits per heavy atom. The lowest BCUT2D eigenvalue weighted by Gasteiger charge is -2.15. The molecule has 0 bridgehead atoms. The number of aryl methyl sites for hydroxylation is 1. The van der Waals surface area contributed by atoms with Gasteiger partial charge in [-0.15, -0.1) is 18.5 Å². The summed E-state index contributed by atoms with van der Waals surface area (Å²) in [6.45, 7) is 1.93. The molecule has 0 saturated heterocycles. The second-order valence-electron chi connectivity index (χ2n) is 4.81. The smallest absolute Gasteiger partial charge is 0.306 e. The summed E-state index contributed by atoms with van der Waals surface area (Å²) in [4.78, 5) is 12.7. The van der Waals surface area contributed by atoms with Crippen molar-refractivity contribution < 1.29 is 9.00 Å². The van der Waals surface area contributed by atoms with E-state index in [2.05, 4.69) is 42.0 Å². The first-order valence-electron chi connectivity index (χ1n) is 6.61. The third-order valence-electron chi connectivity index (χ3n) is 3.09. The molecule has 2 aromatic rings. The number of rotatable bonds is 3. The normalized spacial score (nSPS) is 13.0. The SMILES string of the molecule is Cc1ccc(S(=O)(=NP)NC(=O)Nc2c(P)cccc2P)cc1. The van der Waals surface area contributed by atoms with Crippen LogP contribution in [0, 0.1) is 6.92 Å². The largest absolute Gasteiger partial charge is 0.331 e. The Kier molecular flexibility index (Phi) is 6.11. The maximum absolute atomic E-state index is 12.9. The minimum Gasteiger partial charge on any atom is -0.306 e. The highest BCUT2D eigenvalue weighted by atomic mass is 32.2. The van der Waals surface area contributed by atoms with E-state index in [0.29, 0.717) is 10.6 Å². The fourth-order valence-electron chi connectivity index (χ4n) is 1.87. The van der Waals surface area contributed by atoms with Gasteiger partial charge >= 0.3 is 6.03 Å². The van der Waals surface area contributed by atoms with Gasteiger partial charge in [0.2, 0.25) is 0 Å². The molecule has 2 amide bonds. The monoisotopic (exact) mass is 385 g/mol. The first-order valence-corrected chi connectivity index (χ1v) is 9.80. The van der Waals surface area contributed by atoms with Crippen molar-refractivity contribution in [3.8, 4) is 0 Å². The fraction of sp³-hybridized carbons (Fsp3) is 0.0714. The molecule has 0 aliphatic carbocycles. The van der Waals surface area contributed by atoms with Gasteiger partial charge in [-0.1, -0.05) is 35.9 Å². The molecule has 2 aromatic carbocycles. The molecule has 2 rings (SSSR count). The highest BCUT2D eigenvalue weighted by Gasteiger charge is 2.16. The van der Waals surface area contributed by atoms with Crippen LogP contribution in [0.2, 0.25) is 0 Å². The second kappa shape index (κ2) is 7.68. The van der Waals surface area contributed by atoms with Crippen molar-refractivity contribution in [2.45, 2.75) is 11.8 Å². The molecule has 23 heavy (non-hydrogen) atoms.